The van der Waals surface area contributed by atoms with Crippen LogP contribution in [0.5, 0.6) is 5.75 Å². The molecule has 1 unspecified atom stereocenters. The quantitative estimate of drug-likeness (QED) is 0.883. The number of halogens is 2. The van der Waals surface area contributed by atoms with Gasteiger partial charge in [0, 0.05) is 25.3 Å². The second-order valence-corrected chi connectivity index (χ2v) is 4.71. The van der Waals surface area contributed by atoms with E-state index in [0.717, 1.165) is 0 Å². The summed E-state index contributed by atoms with van der Waals surface area (Å²) in [6.45, 7) is 0.0106. The van der Waals surface area contributed by atoms with E-state index < -0.39 is 18.7 Å². The van der Waals surface area contributed by atoms with Crippen LogP contribution in [-0.2, 0) is 16.1 Å². The van der Waals surface area contributed by atoms with Gasteiger partial charge in [0.15, 0.2) is 6.10 Å². The molecule has 1 aromatic rings. The van der Waals surface area contributed by atoms with Crippen LogP contribution in [0, 0.1) is 6.92 Å². The first-order chi connectivity index (χ1) is 9.95. The zero-order chi connectivity index (χ0) is 15.4. The fraction of sp³-hybridized carbons (Fsp3) is 0.538. The summed E-state index contributed by atoms with van der Waals surface area (Å²) in [6.07, 6.45) is -0.914. The largest absolute Gasteiger partial charge is 0.479 e. The highest BCUT2D eigenvalue weighted by Crippen LogP contribution is 2.22. The van der Waals surface area contributed by atoms with Crippen molar-refractivity contribution in [3.63, 3.8) is 0 Å². The number of morpholine rings is 1. The minimum atomic E-state index is -2.93. The van der Waals surface area contributed by atoms with Crippen LogP contribution < -0.4 is 4.74 Å². The van der Waals surface area contributed by atoms with Gasteiger partial charge in [0.05, 0.1) is 12.3 Å². The second kappa shape index (κ2) is 6.77. The highest BCUT2D eigenvalue weighted by Gasteiger charge is 2.27. The van der Waals surface area contributed by atoms with Gasteiger partial charge in [-0.3, -0.25) is 9.88 Å². The van der Waals surface area contributed by atoms with Crippen LogP contribution in [0.3, 0.4) is 0 Å². The van der Waals surface area contributed by atoms with Gasteiger partial charge in [-0.2, -0.15) is 8.78 Å². The SMILES string of the molecule is Cc1ccc(OC(F)F)c(CN2CCOC(C(=O)O)C2)n1. The first-order valence-corrected chi connectivity index (χ1v) is 6.44. The van der Waals surface area contributed by atoms with Crippen LogP contribution >= 0.6 is 0 Å². The molecular formula is C13H16F2N2O4. The summed E-state index contributed by atoms with van der Waals surface area (Å²) in [5.41, 5.74) is 1.04. The number of aromatic nitrogens is 1. The Morgan fingerprint density at radius 3 is 3.05 bits per heavy atom. The Hall–Kier alpha value is -1.80. The fourth-order valence-electron chi connectivity index (χ4n) is 2.12. The molecule has 2 heterocycles. The Balaban J connectivity index is 2.10. The van der Waals surface area contributed by atoms with Crippen LogP contribution in [0.4, 0.5) is 8.78 Å². The van der Waals surface area contributed by atoms with Crippen LogP contribution in [0.1, 0.15) is 11.4 Å². The maximum absolute atomic E-state index is 12.4. The molecule has 0 spiro atoms. The number of nitrogens with zero attached hydrogens (tertiary/aromatic N) is 2. The summed E-state index contributed by atoms with van der Waals surface area (Å²) < 4.78 is 34.3. The first-order valence-electron chi connectivity index (χ1n) is 6.44. The molecule has 1 aliphatic rings. The van der Waals surface area contributed by atoms with Crippen molar-refractivity contribution in [1.82, 2.24) is 9.88 Å². The summed E-state index contributed by atoms with van der Waals surface area (Å²) in [7, 11) is 0. The van der Waals surface area contributed by atoms with Crippen LogP contribution in [0.15, 0.2) is 12.1 Å². The molecule has 6 nitrogen and oxygen atoms in total. The molecular weight excluding hydrogens is 286 g/mol. The number of carboxylic acid groups (broad SMARTS) is 1. The van der Waals surface area contributed by atoms with Gasteiger partial charge in [0.25, 0.3) is 0 Å². The first kappa shape index (κ1) is 15.6. The maximum atomic E-state index is 12.4. The number of aryl methyl sites for hydroxylation is 1. The summed E-state index contributed by atoms with van der Waals surface area (Å²) in [5, 5.41) is 8.95. The molecule has 0 aliphatic carbocycles. The fourth-order valence-corrected chi connectivity index (χ4v) is 2.12. The van der Waals surface area contributed by atoms with Gasteiger partial charge in [-0.05, 0) is 19.1 Å². The van der Waals surface area contributed by atoms with Crippen molar-refractivity contribution in [1.29, 1.82) is 0 Å². The van der Waals surface area contributed by atoms with Gasteiger partial charge in [-0.15, -0.1) is 0 Å². The van der Waals surface area contributed by atoms with Gasteiger partial charge < -0.3 is 14.6 Å². The maximum Gasteiger partial charge on any atom is 0.387 e. The minimum Gasteiger partial charge on any atom is -0.479 e. The molecule has 2 rings (SSSR count). The van der Waals surface area contributed by atoms with Crippen LogP contribution in [0.2, 0.25) is 0 Å². The lowest BCUT2D eigenvalue weighted by Crippen LogP contribution is -2.45. The molecule has 0 aromatic carbocycles. The van der Waals surface area contributed by atoms with E-state index in [9.17, 15) is 13.6 Å². The van der Waals surface area contributed by atoms with Gasteiger partial charge in [0.2, 0.25) is 0 Å². The highest BCUT2D eigenvalue weighted by molar-refractivity contribution is 5.72. The lowest BCUT2D eigenvalue weighted by atomic mass is 10.2. The molecule has 1 N–H and O–H groups in total. The van der Waals surface area contributed by atoms with E-state index in [2.05, 4.69) is 9.72 Å². The minimum absolute atomic E-state index is 0.00830. The summed E-state index contributed by atoms with van der Waals surface area (Å²) >= 11 is 0. The van der Waals surface area contributed by atoms with E-state index in [1.54, 1.807) is 17.9 Å². The molecule has 1 fully saturated rings. The van der Waals surface area contributed by atoms with Crippen molar-refractivity contribution in [2.75, 3.05) is 19.7 Å². The zero-order valence-corrected chi connectivity index (χ0v) is 11.5. The normalized spacial score (nSPS) is 19.7. The predicted octanol–water partition coefficient (Wildman–Crippen LogP) is 1.28. The number of alkyl halides is 2. The molecule has 0 radical (unpaired) electrons. The number of hydrogen-bond acceptors (Lipinski definition) is 5. The second-order valence-electron chi connectivity index (χ2n) is 4.71. The van der Waals surface area contributed by atoms with Gasteiger partial charge in [-0.1, -0.05) is 0 Å². The van der Waals surface area contributed by atoms with E-state index in [4.69, 9.17) is 9.84 Å². The van der Waals surface area contributed by atoms with Crippen molar-refractivity contribution in [2.45, 2.75) is 26.2 Å². The Kier molecular flexibility index (Phi) is 5.03. The average molecular weight is 302 g/mol. The smallest absolute Gasteiger partial charge is 0.387 e. The van der Waals surface area contributed by atoms with Crippen molar-refractivity contribution in [3.05, 3.63) is 23.5 Å². The Morgan fingerprint density at radius 1 is 1.62 bits per heavy atom. The van der Waals surface area contributed by atoms with Gasteiger partial charge in [0.1, 0.15) is 5.75 Å². The predicted molar refractivity (Wildman–Crippen MR) is 68.3 cm³/mol. The van der Waals surface area contributed by atoms with E-state index in [0.29, 0.717) is 17.9 Å². The molecule has 1 saturated heterocycles. The number of pyridine rings is 1. The molecule has 21 heavy (non-hydrogen) atoms. The number of carboxylic acids is 1. The van der Waals surface area contributed by atoms with E-state index in [1.807, 2.05) is 0 Å². The van der Waals surface area contributed by atoms with Crippen LogP contribution in [-0.4, -0.2) is 53.4 Å². The number of aliphatic carboxylic acids is 1. The number of rotatable bonds is 5. The summed E-state index contributed by atoms with van der Waals surface area (Å²) in [5.74, 6) is -1.03. The topological polar surface area (TPSA) is 71.9 Å². The van der Waals surface area contributed by atoms with E-state index in [-0.39, 0.29) is 25.4 Å². The standard InChI is InChI=1S/C13H16F2N2O4/c1-8-2-3-10(21-13(14)15)9(16-8)6-17-4-5-20-11(7-17)12(18)19/h2-3,11,13H,4-7H2,1H3,(H,18,19). The summed E-state index contributed by atoms with van der Waals surface area (Å²) in [4.78, 5) is 16.9. The number of carbonyl (C=O) groups is 1. The third-order valence-corrected chi connectivity index (χ3v) is 3.09. The lowest BCUT2D eigenvalue weighted by Gasteiger charge is -2.30. The Morgan fingerprint density at radius 2 is 2.38 bits per heavy atom. The monoisotopic (exact) mass is 302 g/mol. The molecule has 0 saturated carbocycles. The third kappa shape index (κ3) is 4.33. The lowest BCUT2D eigenvalue weighted by molar-refractivity contribution is -0.156. The average Bonchev–Trinajstić information content (AvgIpc) is 2.42. The molecule has 1 aromatic heterocycles. The molecule has 0 amide bonds. The van der Waals surface area contributed by atoms with Gasteiger partial charge >= 0.3 is 12.6 Å². The van der Waals surface area contributed by atoms with E-state index in [1.165, 1.54) is 6.07 Å². The van der Waals surface area contributed by atoms with Crippen LogP contribution in [0.25, 0.3) is 0 Å². The number of ether oxygens (including phenoxy) is 2. The van der Waals surface area contributed by atoms with E-state index >= 15 is 0 Å². The van der Waals surface area contributed by atoms with Crippen molar-refractivity contribution in [2.24, 2.45) is 0 Å². The highest BCUT2D eigenvalue weighted by atomic mass is 19.3. The van der Waals surface area contributed by atoms with Crippen molar-refractivity contribution in [3.8, 4) is 5.75 Å². The zero-order valence-electron chi connectivity index (χ0n) is 11.5. The Labute approximate surface area is 120 Å². The number of hydrogen-bond donors (Lipinski definition) is 1. The third-order valence-electron chi connectivity index (χ3n) is 3.09. The molecule has 1 aliphatic heterocycles. The van der Waals surface area contributed by atoms with Crippen molar-refractivity contribution < 1.29 is 28.2 Å². The summed E-state index contributed by atoms with van der Waals surface area (Å²) in [6, 6.07) is 3.03. The molecule has 0 bridgehead atoms. The Bertz CT molecular complexity index is 513. The molecule has 8 heteroatoms. The molecule has 116 valence electrons. The molecule has 1 atom stereocenters. The van der Waals surface area contributed by atoms with Gasteiger partial charge in [-0.25, -0.2) is 4.79 Å². The van der Waals surface area contributed by atoms with Crippen molar-refractivity contribution >= 4 is 5.97 Å².